The van der Waals surface area contributed by atoms with Gasteiger partial charge in [-0.15, -0.1) is 19.7 Å². The van der Waals surface area contributed by atoms with Gasteiger partial charge in [-0.3, -0.25) is 0 Å². The van der Waals surface area contributed by atoms with E-state index in [1.165, 1.54) is 12.8 Å². The second kappa shape index (κ2) is 7.95. The number of rotatable bonds is 9. The minimum absolute atomic E-state index is 0.166. The summed E-state index contributed by atoms with van der Waals surface area (Å²) >= 11 is 0. The van der Waals surface area contributed by atoms with Crippen LogP contribution in [0.4, 0.5) is 0 Å². The molecule has 1 saturated heterocycles. The predicted octanol–water partition coefficient (Wildman–Crippen LogP) is 4.20. The van der Waals surface area contributed by atoms with Crippen molar-refractivity contribution in [2.45, 2.75) is 63.5 Å². The maximum atomic E-state index is 6.75. The van der Waals surface area contributed by atoms with Crippen molar-refractivity contribution in [2.75, 3.05) is 6.54 Å². The third-order valence-corrected chi connectivity index (χ3v) is 5.41. The lowest BCUT2D eigenvalue weighted by molar-refractivity contribution is 0.120. The minimum atomic E-state index is -0.264. The van der Waals surface area contributed by atoms with E-state index in [2.05, 4.69) is 38.9 Å². The Morgan fingerprint density at radius 3 is 2.38 bits per heavy atom. The van der Waals surface area contributed by atoms with Crippen molar-refractivity contribution in [1.82, 2.24) is 5.32 Å². The van der Waals surface area contributed by atoms with Gasteiger partial charge in [0.25, 0.3) is 0 Å². The van der Waals surface area contributed by atoms with E-state index >= 15 is 0 Å². The second-order valence-electron chi connectivity index (χ2n) is 7.03. The average molecular weight is 290 g/mol. The molecule has 0 aromatic heterocycles. The summed E-state index contributed by atoms with van der Waals surface area (Å²) < 4.78 is 0. The maximum absolute atomic E-state index is 6.75. The molecule has 0 saturated carbocycles. The Labute approximate surface area is 131 Å². The molecule has 21 heavy (non-hydrogen) atoms. The molecule has 0 spiro atoms. The Bertz CT molecular complexity index is 351. The summed E-state index contributed by atoms with van der Waals surface area (Å²) in [6.07, 6.45) is 12.1. The molecule has 0 aromatic rings. The third-order valence-electron chi connectivity index (χ3n) is 5.41. The van der Waals surface area contributed by atoms with E-state index in [1.807, 2.05) is 18.2 Å². The summed E-state index contributed by atoms with van der Waals surface area (Å²) in [5.41, 5.74) is 6.65. The largest absolute Gasteiger partial charge is 0.324 e. The normalized spacial score (nSPS) is 27.9. The van der Waals surface area contributed by atoms with E-state index < -0.39 is 0 Å². The maximum Gasteiger partial charge on any atom is 0.0256 e. The second-order valence-corrected chi connectivity index (χ2v) is 7.03. The van der Waals surface area contributed by atoms with Gasteiger partial charge in [0.05, 0.1) is 0 Å². The highest BCUT2D eigenvalue weighted by molar-refractivity contribution is 5.05. The van der Waals surface area contributed by atoms with E-state index in [0.717, 1.165) is 32.2 Å². The van der Waals surface area contributed by atoms with Crippen LogP contribution in [0.2, 0.25) is 0 Å². The van der Waals surface area contributed by atoms with Crippen LogP contribution in [-0.4, -0.2) is 17.6 Å². The number of piperidine rings is 1. The van der Waals surface area contributed by atoms with E-state index in [9.17, 15) is 0 Å². The van der Waals surface area contributed by atoms with Crippen molar-refractivity contribution in [1.29, 1.82) is 0 Å². The number of nitrogens with two attached hydrogens (primary N) is 1. The van der Waals surface area contributed by atoms with Crippen LogP contribution in [0.15, 0.2) is 38.0 Å². The van der Waals surface area contributed by atoms with Crippen molar-refractivity contribution < 1.29 is 0 Å². The monoisotopic (exact) mass is 290 g/mol. The standard InChI is InChI=1S/C19H34N2/c1-6-10-17(19(20,12-7-2)13-8-3)15-18(5)16(4)11-9-14-21-18/h6-8,16-17,21H,1-3,9-15,20H2,4-5H3. The molecule has 2 heteroatoms. The quantitative estimate of drug-likeness (QED) is 0.625. The van der Waals surface area contributed by atoms with Gasteiger partial charge >= 0.3 is 0 Å². The van der Waals surface area contributed by atoms with Crippen LogP contribution in [0.1, 0.15) is 52.4 Å². The Morgan fingerprint density at radius 1 is 1.29 bits per heavy atom. The van der Waals surface area contributed by atoms with Crippen molar-refractivity contribution in [3.63, 3.8) is 0 Å². The number of hydrogen-bond acceptors (Lipinski definition) is 2. The predicted molar refractivity (Wildman–Crippen MR) is 94.3 cm³/mol. The molecule has 0 aromatic carbocycles. The van der Waals surface area contributed by atoms with Crippen molar-refractivity contribution in [3.8, 4) is 0 Å². The molecule has 1 heterocycles. The SMILES string of the molecule is C=CCC(CC1(C)NCCCC1C)C(N)(CC=C)CC=C. The van der Waals surface area contributed by atoms with E-state index in [4.69, 9.17) is 5.73 Å². The van der Waals surface area contributed by atoms with Gasteiger partial charge in [0.15, 0.2) is 0 Å². The summed E-state index contributed by atoms with van der Waals surface area (Å²) in [6, 6.07) is 0. The Kier molecular flexibility index (Phi) is 6.89. The molecule has 0 aliphatic carbocycles. The van der Waals surface area contributed by atoms with E-state index in [0.29, 0.717) is 11.8 Å². The third kappa shape index (κ3) is 4.55. The molecule has 1 fully saturated rings. The van der Waals surface area contributed by atoms with Gasteiger partial charge in [-0.25, -0.2) is 0 Å². The molecular weight excluding hydrogens is 256 g/mol. The molecule has 0 amide bonds. The van der Waals surface area contributed by atoms with Crippen molar-refractivity contribution >= 4 is 0 Å². The zero-order valence-corrected chi connectivity index (χ0v) is 14.0. The summed E-state index contributed by atoms with van der Waals surface area (Å²) in [5, 5.41) is 3.75. The fraction of sp³-hybridized carbons (Fsp3) is 0.684. The first kappa shape index (κ1) is 18.2. The highest BCUT2D eigenvalue weighted by atomic mass is 15.0. The van der Waals surface area contributed by atoms with Crippen LogP contribution in [0.3, 0.4) is 0 Å². The van der Waals surface area contributed by atoms with Gasteiger partial charge in [-0.05, 0) is 63.8 Å². The van der Waals surface area contributed by atoms with Crippen molar-refractivity contribution in [2.24, 2.45) is 17.6 Å². The zero-order chi connectivity index (χ0) is 15.9. The van der Waals surface area contributed by atoms with Gasteiger partial charge in [0.2, 0.25) is 0 Å². The Hall–Kier alpha value is -0.860. The first-order chi connectivity index (χ1) is 9.91. The number of hydrogen-bond donors (Lipinski definition) is 2. The lowest BCUT2D eigenvalue weighted by Gasteiger charge is -2.47. The van der Waals surface area contributed by atoms with Crippen molar-refractivity contribution in [3.05, 3.63) is 38.0 Å². The first-order valence-electron chi connectivity index (χ1n) is 8.28. The lowest BCUT2D eigenvalue weighted by atomic mass is 9.67. The first-order valence-corrected chi connectivity index (χ1v) is 8.28. The van der Waals surface area contributed by atoms with Crippen LogP contribution >= 0.6 is 0 Å². The summed E-state index contributed by atoms with van der Waals surface area (Å²) in [7, 11) is 0. The van der Waals surface area contributed by atoms with Gasteiger partial charge in [0.1, 0.15) is 0 Å². The van der Waals surface area contributed by atoms with Gasteiger partial charge in [0, 0.05) is 11.1 Å². The molecule has 1 aliphatic heterocycles. The smallest absolute Gasteiger partial charge is 0.0256 e. The molecule has 2 nitrogen and oxygen atoms in total. The van der Waals surface area contributed by atoms with E-state index in [-0.39, 0.29) is 11.1 Å². The molecule has 3 N–H and O–H groups in total. The molecule has 0 radical (unpaired) electrons. The summed E-state index contributed by atoms with van der Waals surface area (Å²) in [6.45, 7) is 17.6. The molecule has 1 rings (SSSR count). The van der Waals surface area contributed by atoms with Crippen LogP contribution in [-0.2, 0) is 0 Å². The number of allylic oxidation sites excluding steroid dienone is 1. The minimum Gasteiger partial charge on any atom is -0.324 e. The molecular formula is C19H34N2. The van der Waals surface area contributed by atoms with Gasteiger partial charge in [-0.1, -0.05) is 25.2 Å². The van der Waals surface area contributed by atoms with Gasteiger partial charge < -0.3 is 11.1 Å². The molecule has 120 valence electrons. The molecule has 3 atom stereocenters. The molecule has 0 bridgehead atoms. The fourth-order valence-corrected chi connectivity index (χ4v) is 3.74. The molecule has 3 unspecified atom stereocenters. The van der Waals surface area contributed by atoms with Crippen LogP contribution in [0, 0.1) is 11.8 Å². The topological polar surface area (TPSA) is 38.0 Å². The number of nitrogens with one attached hydrogen (secondary N) is 1. The Morgan fingerprint density at radius 2 is 1.90 bits per heavy atom. The molecule has 1 aliphatic rings. The highest BCUT2D eigenvalue weighted by Crippen LogP contribution is 2.38. The fourth-order valence-electron chi connectivity index (χ4n) is 3.74. The average Bonchev–Trinajstić information content (AvgIpc) is 2.42. The van der Waals surface area contributed by atoms with Crippen LogP contribution in [0.25, 0.3) is 0 Å². The summed E-state index contributed by atoms with van der Waals surface area (Å²) in [5.74, 6) is 1.07. The Balaban J connectivity index is 2.95. The highest BCUT2D eigenvalue weighted by Gasteiger charge is 2.40. The lowest BCUT2D eigenvalue weighted by Crippen LogP contribution is -2.56. The summed E-state index contributed by atoms with van der Waals surface area (Å²) in [4.78, 5) is 0. The van der Waals surface area contributed by atoms with E-state index in [1.54, 1.807) is 0 Å². The van der Waals surface area contributed by atoms with Gasteiger partial charge in [-0.2, -0.15) is 0 Å². The van der Waals surface area contributed by atoms with Crippen LogP contribution in [0.5, 0.6) is 0 Å². The zero-order valence-electron chi connectivity index (χ0n) is 14.0. The van der Waals surface area contributed by atoms with Crippen LogP contribution < -0.4 is 11.1 Å².